The molecule has 0 fully saturated rings. The Bertz CT molecular complexity index is 374. The average molecular weight is 225 g/mol. The summed E-state index contributed by atoms with van der Waals surface area (Å²) in [4.78, 5) is 4.02. The largest absolute Gasteiger partial charge is 0.321 e. The molecule has 0 spiro atoms. The molecule has 0 unspecified atom stereocenters. The number of nitrogens with zero attached hydrogens (tertiary/aromatic N) is 2. The molecule has 0 aliphatic rings. The van der Waals surface area contributed by atoms with Crippen molar-refractivity contribution >= 4 is 12.4 Å². The molecule has 0 aliphatic heterocycles. The van der Waals surface area contributed by atoms with E-state index >= 15 is 0 Å². The van der Waals surface area contributed by atoms with E-state index < -0.39 is 0 Å². The van der Waals surface area contributed by atoms with E-state index in [0.717, 1.165) is 12.2 Å². The van der Waals surface area contributed by atoms with Crippen molar-refractivity contribution in [2.75, 3.05) is 0 Å². The predicted molar refractivity (Wildman–Crippen MR) is 60.7 cm³/mol. The molecule has 1 heterocycles. The van der Waals surface area contributed by atoms with Gasteiger partial charge in [-0.25, -0.2) is 4.98 Å². The Morgan fingerprint density at radius 3 is 2.60 bits per heavy atom. The fourth-order valence-electron chi connectivity index (χ4n) is 1.36. The van der Waals surface area contributed by atoms with E-state index in [1.807, 2.05) is 18.2 Å². The third kappa shape index (κ3) is 3.04. The van der Waals surface area contributed by atoms with Crippen LogP contribution in [0.5, 0.6) is 0 Å². The van der Waals surface area contributed by atoms with Crippen molar-refractivity contribution in [3.05, 3.63) is 48.0 Å². The first-order chi connectivity index (χ1) is 6.86. The van der Waals surface area contributed by atoms with Crippen LogP contribution in [-0.2, 0) is 6.42 Å². The zero-order valence-corrected chi connectivity index (χ0v) is 8.95. The Hall–Kier alpha value is -1.39. The number of nitrogens with one attached hydrogen (secondary N) is 1. The quantitative estimate of drug-likeness (QED) is 0.830. The third-order valence-electron chi connectivity index (χ3n) is 2.08. The summed E-state index contributed by atoms with van der Waals surface area (Å²) in [6.45, 7) is 0. The molecule has 0 saturated heterocycles. The molecule has 1 aromatic heterocycles. The maximum Gasteiger partial charge on any atom is 0.141 e. The summed E-state index contributed by atoms with van der Waals surface area (Å²) in [6, 6.07) is 9.99. The van der Waals surface area contributed by atoms with E-state index in [1.54, 1.807) is 0 Å². The monoisotopic (exact) mass is 224 g/mol. The summed E-state index contributed by atoms with van der Waals surface area (Å²) < 4.78 is 0. The van der Waals surface area contributed by atoms with Crippen LogP contribution >= 0.6 is 12.4 Å². The van der Waals surface area contributed by atoms with Gasteiger partial charge in [-0.3, -0.25) is 5.10 Å². The normalized spacial score (nSPS) is 11.8. The molecular formula is C10H13ClN4. The van der Waals surface area contributed by atoms with E-state index in [-0.39, 0.29) is 18.4 Å². The van der Waals surface area contributed by atoms with E-state index in [2.05, 4.69) is 27.3 Å². The summed E-state index contributed by atoms with van der Waals surface area (Å²) in [5.74, 6) is 0.730. The lowest BCUT2D eigenvalue weighted by molar-refractivity contribution is 0.671. The van der Waals surface area contributed by atoms with Gasteiger partial charge in [-0.2, -0.15) is 5.10 Å². The zero-order chi connectivity index (χ0) is 9.80. The number of rotatable bonds is 3. The summed E-state index contributed by atoms with van der Waals surface area (Å²) in [7, 11) is 0. The number of halogens is 1. The predicted octanol–water partition coefficient (Wildman–Crippen LogP) is 1.47. The number of H-pyrrole nitrogens is 1. The summed E-state index contributed by atoms with van der Waals surface area (Å²) in [6.07, 6.45) is 2.25. The lowest BCUT2D eigenvalue weighted by atomic mass is 10.1. The molecule has 0 saturated carbocycles. The highest BCUT2D eigenvalue weighted by Crippen LogP contribution is 2.10. The van der Waals surface area contributed by atoms with Crippen LogP contribution in [0.15, 0.2) is 36.7 Å². The topological polar surface area (TPSA) is 67.6 Å². The summed E-state index contributed by atoms with van der Waals surface area (Å²) in [5, 5.41) is 6.54. The lowest BCUT2D eigenvalue weighted by Crippen LogP contribution is -2.14. The minimum atomic E-state index is -0.111. The maximum absolute atomic E-state index is 5.94. The fraction of sp³-hybridized carbons (Fsp3) is 0.200. The van der Waals surface area contributed by atoms with Crippen LogP contribution in [-0.4, -0.2) is 15.2 Å². The van der Waals surface area contributed by atoms with Crippen LogP contribution in [0.1, 0.15) is 17.4 Å². The van der Waals surface area contributed by atoms with Crippen LogP contribution in [0.4, 0.5) is 0 Å². The van der Waals surface area contributed by atoms with Crippen molar-refractivity contribution in [3.8, 4) is 0 Å². The van der Waals surface area contributed by atoms with Crippen molar-refractivity contribution < 1.29 is 0 Å². The van der Waals surface area contributed by atoms with Gasteiger partial charge in [-0.1, -0.05) is 30.3 Å². The summed E-state index contributed by atoms with van der Waals surface area (Å²) in [5.41, 5.74) is 7.14. The Morgan fingerprint density at radius 2 is 2.00 bits per heavy atom. The number of nitrogens with two attached hydrogens (primary N) is 1. The highest BCUT2D eigenvalue weighted by Gasteiger charge is 2.08. The minimum absolute atomic E-state index is 0. The molecule has 1 aromatic carbocycles. The van der Waals surface area contributed by atoms with Crippen molar-refractivity contribution in [3.63, 3.8) is 0 Å². The van der Waals surface area contributed by atoms with E-state index in [4.69, 9.17) is 5.73 Å². The average Bonchev–Trinajstić information content (AvgIpc) is 2.72. The van der Waals surface area contributed by atoms with Crippen LogP contribution in [0.25, 0.3) is 0 Å². The Labute approximate surface area is 94.3 Å². The number of aromatic nitrogens is 3. The molecule has 4 nitrogen and oxygen atoms in total. The first-order valence-corrected chi connectivity index (χ1v) is 4.51. The number of hydrogen-bond acceptors (Lipinski definition) is 3. The molecule has 0 radical (unpaired) electrons. The highest BCUT2D eigenvalue weighted by atomic mass is 35.5. The van der Waals surface area contributed by atoms with Crippen molar-refractivity contribution in [2.24, 2.45) is 5.73 Å². The van der Waals surface area contributed by atoms with Gasteiger partial charge in [0.1, 0.15) is 12.2 Å². The molecule has 0 aliphatic carbocycles. The zero-order valence-electron chi connectivity index (χ0n) is 8.13. The Kier molecular flexibility index (Phi) is 4.27. The summed E-state index contributed by atoms with van der Waals surface area (Å²) >= 11 is 0. The first-order valence-electron chi connectivity index (χ1n) is 4.51. The van der Waals surface area contributed by atoms with E-state index in [9.17, 15) is 0 Å². The third-order valence-corrected chi connectivity index (χ3v) is 2.08. The van der Waals surface area contributed by atoms with E-state index in [0.29, 0.717) is 0 Å². The number of aromatic amines is 1. The van der Waals surface area contributed by atoms with Gasteiger partial charge in [0.25, 0.3) is 0 Å². The Balaban J connectivity index is 0.00000112. The second-order valence-electron chi connectivity index (χ2n) is 3.17. The highest BCUT2D eigenvalue weighted by molar-refractivity contribution is 5.85. The maximum atomic E-state index is 5.94. The van der Waals surface area contributed by atoms with Crippen LogP contribution in [0.3, 0.4) is 0 Å². The molecule has 2 aromatic rings. The van der Waals surface area contributed by atoms with Gasteiger partial charge in [0.15, 0.2) is 0 Å². The van der Waals surface area contributed by atoms with Crippen LogP contribution in [0.2, 0.25) is 0 Å². The SMILES string of the molecule is Cl.N[C@H](Cc1ccccc1)c1ncn[nH]1. The molecule has 5 heteroatoms. The van der Waals surface area contributed by atoms with Crippen LogP contribution in [0, 0.1) is 0 Å². The van der Waals surface area contributed by atoms with Crippen molar-refractivity contribution in [1.29, 1.82) is 0 Å². The van der Waals surface area contributed by atoms with Gasteiger partial charge in [0.2, 0.25) is 0 Å². The van der Waals surface area contributed by atoms with Gasteiger partial charge >= 0.3 is 0 Å². The molecule has 15 heavy (non-hydrogen) atoms. The molecule has 0 amide bonds. The Morgan fingerprint density at radius 1 is 1.27 bits per heavy atom. The van der Waals surface area contributed by atoms with Crippen molar-refractivity contribution in [2.45, 2.75) is 12.5 Å². The van der Waals surface area contributed by atoms with E-state index in [1.165, 1.54) is 11.9 Å². The number of benzene rings is 1. The van der Waals surface area contributed by atoms with Gasteiger partial charge in [0, 0.05) is 0 Å². The van der Waals surface area contributed by atoms with Gasteiger partial charge in [-0.05, 0) is 12.0 Å². The second kappa shape index (κ2) is 5.48. The minimum Gasteiger partial charge on any atom is -0.321 e. The molecule has 80 valence electrons. The molecule has 1 atom stereocenters. The molecular weight excluding hydrogens is 212 g/mol. The smallest absolute Gasteiger partial charge is 0.141 e. The standard InChI is InChI=1S/C10H12N4.ClH/c11-9(10-12-7-13-14-10)6-8-4-2-1-3-5-8;/h1-5,7,9H,6,11H2,(H,12,13,14);1H/t9-;/m1./s1. The second-order valence-corrected chi connectivity index (χ2v) is 3.17. The number of hydrogen-bond donors (Lipinski definition) is 2. The first kappa shape index (κ1) is 11.7. The van der Waals surface area contributed by atoms with Gasteiger partial charge in [-0.15, -0.1) is 12.4 Å². The molecule has 2 rings (SSSR count). The van der Waals surface area contributed by atoms with Gasteiger partial charge in [0.05, 0.1) is 6.04 Å². The van der Waals surface area contributed by atoms with Gasteiger partial charge < -0.3 is 5.73 Å². The lowest BCUT2D eigenvalue weighted by Gasteiger charge is -2.07. The van der Waals surface area contributed by atoms with Crippen molar-refractivity contribution in [1.82, 2.24) is 15.2 Å². The van der Waals surface area contributed by atoms with Crippen LogP contribution < -0.4 is 5.73 Å². The molecule has 0 bridgehead atoms. The molecule has 3 N–H and O–H groups in total. The fourth-order valence-corrected chi connectivity index (χ4v) is 1.36.